The van der Waals surface area contributed by atoms with Gasteiger partial charge in [0.15, 0.2) is 0 Å². The number of hydrogen-bond donors (Lipinski definition) is 1. The topological polar surface area (TPSA) is 66.8 Å². The molecule has 1 N–H and O–H groups in total. The normalized spacial score (nSPS) is 26.1. The van der Waals surface area contributed by atoms with Crippen LogP contribution in [0.2, 0.25) is 0 Å². The molecular weight excluding hydrogens is 366 g/mol. The van der Waals surface area contributed by atoms with Gasteiger partial charge in [-0.2, -0.15) is 0 Å². The summed E-state index contributed by atoms with van der Waals surface area (Å²) in [5.74, 6) is -0.880. The zero-order valence-corrected chi connectivity index (χ0v) is 16.5. The number of hydrogen-bond acceptors (Lipinski definition) is 4. The lowest BCUT2D eigenvalue weighted by molar-refractivity contribution is -0.127. The third-order valence-corrected chi connectivity index (χ3v) is 6.22. The van der Waals surface area contributed by atoms with E-state index in [1.54, 1.807) is 55.7 Å². The first-order valence-electron chi connectivity index (χ1n) is 9.56. The molecule has 2 aliphatic rings. The Kier molecular flexibility index (Phi) is 4.53. The van der Waals surface area contributed by atoms with Crippen molar-refractivity contribution in [3.8, 4) is 11.5 Å². The summed E-state index contributed by atoms with van der Waals surface area (Å²) in [6, 6.07) is 13.9. The second-order valence-corrected chi connectivity index (χ2v) is 7.65. The van der Waals surface area contributed by atoms with Gasteiger partial charge in [-0.1, -0.05) is 36.9 Å². The van der Waals surface area contributed by atoms with Crippen molar-refractivity contribution in [3.63, 3.8) is 0 Å². The van der Waals surface area contributed by atoms with Gasteiger partial charge in [-0.3, -0.25) is 9.59 Å². The minimum absolute atomic E-state index is 0.0591. The van der Waals surface area contributed by atoms with Crippen molar-refractivity contribution in [3.05, 3.63) is 78.4 Å². The predicted octanol–water partition coefficient (Wildman–Crippen LogP) is 4.20. The maximum atomic E-state index is 13.7. The van der Waals surface area contributed by atoms with Gasteiger partial charge < -0.3 is 9.84 Å². The molecule has 2 aromatic rings. The number of rotatable bonds is 4. The Balaban J connectivity index is 1.90. The number of imide groups is 1. The first-order chi connectivity index (χ1) is 13.9. The van der Waals surface area contributed by atoms with Crippen molar-refractivity contribution in [2.24, 2.45) is 11.3 Å². The van der Waals surface area contributed by atoms with Crippen LogP contribution in [-0.2, 0) is 9.59 Å². The molecule has 0 unspecified atom stereocenters. The number of phenolic OH excluding ortho intramolecular Hbond substituents is 1. The fourth-order valence-electron chi connectivity index (χ4n) is 4.71. The van der Waals surface area contributed by atoms with Gasteiger partial charge in [0.25, 0.3) is 0 Å². The van der Waals surface area contributed by atoms with E-state index in [9.17, 15) is 14.7 Å². The van der Waals surface area contributed by atoms with E-state index in [2.05, 4.69) is 6.58 Å². The molecule has 1 saturated heterocycles. The summed E-state index contributed by atoms with van der Waals surface area (Å²) in [6.07, 6.45) is 4.10. The highest BCUT2D eigenvalue weighted by Gasteiger charge is 2.62. The first kappa shape index (κ1) is 19.0. The Morgan fingerprint density at radius 1 is 1.21 bits per heavy atom. The molecule has 0 bridgehead atoms. The minimum atomic E-state index is -1.05. The van der Waals surface area contributed by atoms with E-state index in [0.29, 0.717) is 23.4 Å². The molecule has 29 heavy (non-hydrogen) atoms. The molecule has 0 radical (unpaired) electrons. The molecule has 0 spiro atoms. The largest absolute Gasteiger partial charge is 0.508 e. The van der Waals surface area contributed by atoms with Crippen molar-refractivity contribution in [1.82, 2.24) is 0 Å². The highest BCUT2D eigenvalue weighted by Crippen LogP contribution is 2.58. The summed E-state index contributed by atoms with van der Waals surface area (Å²) in [4.78, 5) is 28.3. The van der Waals surface area contributed by atoms with Gasteiger partial charge in [0, 0.05) is 11.5 Å². The molecule has 1 aliphatic heterocycles. The molecule has 2 aromatic carbocycles. The van der Waals surface area contributed by atoms with Crippen LogP contribution in [0.5, 0.6) is 11.5 Å². The lowest BCUT2D eigenvalue weighted by Gasteiger charge is -2.40. The van der Waals surface area contributed by atoms with E-state index < -0.39 is 17.3 Å². The van der Waals surface area contributed by atoms with Gasteiger partial charge in [-0.15, -0.1) is 0 Å². The Morgan fingerprint density at radius 2 is 1.93 bits per heavy atom. The van der Waals surface area contributed by atoms with Crippen molar-refractivity contribution < 1.29 is 19.4 Å². The highest BCUT2D eigenvalue weighted by molar-refractivity contribution is 6.24. The number of nitrogens with zero attached hydrogens (tertiary/aromatic N) is 1. The number of methoxy groups -OCH3 is 1. The van der Waals surface area contributed by atoms with E-state index in [0.717, 1.165) is 5.57 Å². The number of aromatic hydroxyl groups is 1. The molecule has 148 valence electrons. The summed E-state index contributed by atoms with van der Waals surface area (Å²) in [5.41, 5.74) is 0.892. The Morgan fingerprint density at radius 3 is 2.59 bits per heavy atom. The van der Waals surface area contributed by atoms with Gasteiger partial charge in [0.05, 0.1) is 24.1 Å². The van der Waals surface area contributed by atoms with Crippen LogP contribution in [0.1, 0.15) is 24.8 Å². The lowest BCUT2D eigenvalue weighted by atomic mass is 9.60. The summed E-state index contributed by atoms with van der Waals surface area (Å²) in [6.45, 7) is 5.73. The number of allylic oxidation sites excluding steroid dienone is 3. The van der Waals surface area contributed by atoms with Crippen LogP contribution in [-0.4, -0.2) is 24.0 Å². The van der Waals surface area contributed by atoms with Crippen LogP contribution in [0.15, 0.2) is 72.8 Å². The van der Waals surface area contributed by atoms with E-state index >= 15 is 0 Å². The number of carbonyl (C=O) groups excluding carboxylic acids is 2. The SMILES string of the molecule is C=CC1=CC[C@H]2C(=O)N(c3ccccc3)C(=O)[C@@]2(C)[C@H]1c1cc(OC)ccc1O. The summed E-state index contributed by atoms with van der Waals surface area (Å²) < 4.78 is 5.33. The molecule has 5 heteroatoms. The number of carbonyl (C=O) groups is 2. The molecule has 3 atom stereocenters. The Labute approximate surface area is 169 Å². The summed E-state index contributed by atoms with van der Waals surface area (Å²) in [7, 11) is 1.55. The molecule has 2 amide bonds. The zero-order valence-electron chi connectivity index (χ0n) is 16.5. The van der Waals surface area contributed by atoms with Crippen LogP contribution < -0.4 is 9.64 Å². The standard InChI is InChI=1S/C24H23NO4/c1-4-15-10-12-19-22(27)25(16-8-6-5-7-9-16)23(28)24(19,2)21(15)18-14-17(29-3)11-13-20(18)26/h4-11,13-14,19,21,26H,1,12H2,2-3H3/t19-,21+,24+/m0/s1. The zero-order chi connectivity index (χ0) is 20.8. The third-order valence-electron chi connectivity index (χ3n) is 6.22. The number of amides is 2. The van der Waals surface area contributed by atoms with Gasteiger partial charge in [-0.05, 0) is 49.2 Å². The van der Waals surface area contributed by atoms with Crippen LogP contribution in [0.4, 0.5) is 5.69 Å². The number of para-hydroxylation sites is 1. The molecule has 1 fully saturated rings. The second kappa shape index (κ2) is 6.92. The highest BCUT2D eigenvalue weighted by atomic mass is 16.5. The second-order valence-electron chi connectivity index (χ2n) is 7.65. The minimum Gasteiger partial charge on any atom is -0.508 e. The molecule has 0 saturated carbocycles. The summed E-state index contributed by atoms with van der Waals surface area (Å²) >= 11 is 0. The van der Waals surface area contributed by atoms with Gasteiger partial charge >= 0.3 is 0 Å². The van der Waals surface area contributed by atoms with E-state index in [1.807, 2.05) is 19.1 Å². The molecular formula is C24H23NO4. The lowest BCUT2D eigenvalue weighted by Crippen LogP contribution is -2.41. The van der Waals surface area contributed by atoms with Gasteiger partial charge in [0.2, 0.25) is 11.8 Å². The quantitative estimate of drug-likeness (QED) is 0.796. The average molecular weight is 389 g/mol. The van der Waals surface area contributed by atoms with Crippen molar-refractivity contribution in [2.75, 3.05) is 12.0 Å². The number of benzene rings is 2. The fraction of sp³-hybridized carbons (Fsp3) is 0.250. The fourth-order valence-corrected chi connectivity index (χ4v) is 4.71. The van der Waals surface area contributed by atoms with E-state index in [-0.39, 0.29) is 17.6 Å². The van der Waals surface area contributed by atoms with Crippen molar-refractivity contribution in [2.45, 2.75) is 19.3 Å². The van der Waals surface area contributed by atoms with E-state index in [1.165, 1.54) is 4.90 Å². The Bertz CT molecular complexity index is 1030. The van der Waals surface area contributed by atoms with Crippen LogP contribution in [0, 0.1) is 11.3 Å². The number of ether oxygens (including phenoxy) is 1. The predicted molar refractivity (Wildman–Crippen MR) is 111 cm³/mol. The molecule has 1 aliphatic carbocycles. The van der Waals surface area contributed by atoms with Gasteiger partial charge in [-0.25, -0.2) is 4.90 Å². The molecule has 1 heterocycles. The summed E-state index contributed by atoms with van der Waals surface area (Å²) in [5, 5.41) is 10.6. The number of anilines is 1. The maximum absolute atomic E-state index is 13.7. The first-order valence-corrected chi connectivity index (χ1v) is 9.56. The van der Waals surface area contributed by atoms with Crippen LogP contribution in [0.25, 0.3) is 0 Å². The molecule has 4 rings (SSSR count). The van der Waals surface area contributed by atoms with Crippen LogP contribution in [0.3, 0.4) is 0 Å². The number of fused-ring (bicyclic) bond motifs is 1. The smallest absolute Gasteiger partial charge is 0.241 e. The van der Waals surface area contributed by atoms with Crippen molar-refractivity contribution >= 4 is 17.5 Å². The molecule has 0 aromatic heterocycles. The molecule has 5 nitrogen and oxygen atoms in total. The third kappa shape index (κ3) is 2.69. The Hall–Kier alpha value is -3.34. The van der Waals surface area contributed by atoms with Gasteiger partial charge in [0.1, 0.15) is 11.5 Å². The maximum Gasteiger partial charge on any atom is 0.241 e. The van der Waals surface area contributed by atoms with Crippen molar-refractivity contribution in [1.29, 1.82) is 0 Å². The van der Waals surface area contributed by atoms with Crippen LogP contribution >= 0.6 is 0 Å². The monoisotopic (exact) mass is 389 g/mol. The number of phenols is 1. The average Bonchev–Trinajstić information content (AvgIpc) is 2.94. The van der Waals surface area contributed by atoms with E-state index in [4.69, 9.17) is 4.74 Å².